The second kappa shape index (κ2) is 6.42. The van der Waals surface area contributed by atoms with Gasteiger partial charge in [0, 0.05) is 44.9 Å². The quantitative estimate of drug-likeness (QED) is 0.620. The van der Waals surface area contributed by atoms with Gasteiger partial charge in [0.1, 0.15) is 0 Å². The van der Waals surface area contributed by atoms with E-state index in [0.29, 0.717) is 36.3 Å². The van der Waals surface area contributed by atoms with Gasteiger partial charge in [0.15, 0.2) is 0 Å². The first-order chi connectivity index (χ1) is 11.5. The number of pyridine rings is 1. The minimum atomic E-state index is -0.356. The molecule has 1 aliphatic rings. The van der Waals surface area contributed by atoms with Crippen molar-refractivity contribution >= 4 is 17.5 Å². The number of nitrogens with zero attached hydrogens (tertiary/aromatic N) is 6. The van der Waals surface area contributed by atoms with Gasteiger partial charge in [-0.2, -0.15) is 4.98 Å². The van der Waals surface area contributed by atoms with Crippen molar-refractivity contribution in [3.05, 3.63) is 33.8 Å². The smallest absolute Gasteiger partial charge is 0.314 e. The van der Waals surface area contributed by atoms with Crippen LogP contribution < -0.4 is 9.80 Å². The molecule has 9 heteroatoms. The average Bonchev–Trinajstić information content (AvgIpc) is 3.04. The highest BCUT2D eigenvalue weighted by Gasteiger charge is 2.30. The predicted molar refractivity (Wildman–Crippen MR) is 88.4 cm³/mol. The zero-order valence-corrected chi connectivity index (χ0v) is 14.0. The maximum absolute atomic E-state index is 11.3. The van der Waals surface area contributed by atoms with Crippen LogP contribution in [0.15, 0.2) is 16.8 Å². The largest absolute Gasteiger partial charge is 0.351 e. The van der Waals surface area contributed by atoms with Gasteiger partial charge in [-0.1, -0.05) is 0 Å². The molecule has 3 heterocycles. The minimum Gasteiger partial charge on any atom is -0.351 e. The summed E-state index contributed by atoms with van der Waals surface area (Å²) in [4.78, 5) is 23.4. The van der Waals surface area contributed by atoms with Gasteiger partial charge in [-0.25, -0.2) is 4.98 Å². The van der Waals surface area contributed by atoms with Crippen LogP contribution in [-0.2, 0) is 0 Å². The third-order valence-corrected chi connectivity index (χ3v) is 4.26. The van der Waals surface area contributed by atoms with Crippen molar-refractivity contribution in [2.24, 2.45) is 0 Å². The number of rotatable bonds is 4. The Bertz CT molecular complexity index is 737. The normalized spacial score (nSPS) is 15.5. The average molecular weight is 332 g/mol. The molecule has 2 aromatic rings. The molecular weight excluding hydrogens is 312 g/mol. The molecule has 0 unspecified atom stereocenters. The first kappa shape index (κ1) is 16.2. The molecule has 0 aromatic carbocycles. The van der Waals surface area contributed by atoms with E-state index in [2.05, 4.69) is 15.1 Å². The molecule has 1 aliphatic heterocycles. The summed E-state index contributed by atoms with van der Waals surface area (Å²) in [5.74, 6) is 1.80. The van der Waals surface area contributed by atoms with Crippen LogP contribution in [0.4, 0.5) is 17.5 Å². The van der Waals surface area contributed by atoms with Gasteiger partial charge < -0.3 is 14.3 Å². The lowest BCUT2D eigenvalue weighted by molar-refractivity contribution is -0.384. The van der Waals surface area contributed by atoms with Crippen molar-refractivity contribution in [3.8, 4) is 0 Å². The van der Waals surface area contributed by atoms with Crippen molar-refractivity contribution in [1.82, 2.24) is 15.1 Å². The lowest BCUT2D eigenvalue weighted by Gasteiger charge is -2.31. The third kappa shape index (κ3) is 3.01. The van der Waals surface area contributed by atoms with E-state index >= 15 is 0 Å². The van der Waals surface area contributed by atoms with Crippen molar-refractivity contribution in [3.63, 3.8) is 0 Å². The summed E-state index contributed by atoms with van der Waals surface area (Å²) in [5.41, 5.74) is 0.711. The number of hydrogen-bond donors (Lipinski definition) is 0. The molecule has 0 saturated carbocycles. The summed E-state index contributed by atoms with van der Waals surface area (Å²) in [6.45, 7) is 3.07. The van der Waals surface area contributed by atoms with E-state index in [1.165, 1.54) is 0 Å². The number of anilines is 2. The third-order valence-electron chi connectivity index (χ3n) is 4.26. The summed E-state index contributed by atoms with van der Waals surface area (Å²) in [5, 5.41) is 15.3. The Kier molecular flexibility index (Phi) is 4.32. The molecule has 9 nitrogen and oxygen atoms in total. The lowest BCUT2D eigenvalue weighted by atomic mass is 9.96. The Morgan fingerprint density at radius 3 is 2.67 bits per heavy atom. The van der Waals surface area contributed by atoms with Gasteiger partial charge in [-0.15, -0.1) is 0 Å². The SMILES string of the molecule is Cc1ccnc(N2CCC(c3nc(N(C)C)no3)CC2)c1[N+](=O)[O-]. The monoisotopic (exact) mass is 332 g/mol. The van der Waals surface area contributed by atoms with Gasteiger partial charge in [-0.3, -0.25) is 10.1 Å². The standard InChI is InChI=1S/C15H20N6O3/c1-10-4-7-16-13(12(10)21(22)23)20-8-5-11(6-9-20)14-17-15(18-24-14)19(2)3/h4,7,11H,5-6,8-9H2,1-3H3. The first-order valence-electron chi connectivity index (χ1n) is 7.83. The number of aryl methyl sites for hydroxylation is 1. The van der Waals surface area contributed by atoms with Crippen LogP contribution in [0.3, 0.4) is 0 Å². The van der Waals surface area contributed by atoms with E-state index in [9.17, 15) is 10.1 Å². The maximum Gasteiger partial charge on any atom is 0.314 e. The highest BCUT2D eigenvalue weighted by Crippen LogP contribution is 2.34. The Morgan fingerprint density at radius 1 is 1.38 bits per heavy atom. The molecular formula is C15H20N6O3. The second-order valence-corrected chi connectivity index (χ2v) is 6.15. The van der Waals surface area contributed by atoms with E-state index in [4.69, 9.17) is 4.52 Å². The van der Waals surface area contributed by atoms with E-state index in [1.54, 1.807) is 24.1 Å². The molecule has 0 spiro atoms. The van der Waals surface area contributed by atoms with Crippen molar-refractivity contribution < 1.29 is 9.45 Å². The van der Waals surface area contributed by atoms with Crippen LogP contribution in [0.2, 0.25) is 0 Å². The van der Waals surface area contributed by atoms with Gasteiger partial charge in [0.2, 0.25) is 11.7 Å². The number of aromatic nitrogens is 3. The first-order valence-corrected chi connectivity index (χ1v) is 7.83. The van der Waals surface area contributed by atoms with Gasteiger partial charge in [0.05, 0.1) is 4.92 Å². The molecule has 0 bridgehead atoms. The van der Waals surface area contributed by atoms with E-state index in [-0.39, 0.29) is 16.5 Å². The number of piperidine rings is 1. The molecule has 0 aliphatic carbocycles. The summed E-state index contributed by atoms with van der Waals surface area (Å²) in [6, 6.07) is 1.66. The Hall–Kier alpha value is -2.71. The zero-order chi connectivity index (χ0) is 17.3. The van der Waals surface area contributed by atoms with E-state index in [1.807, 2.05) is 19.0 Å². The molecule has 24 heavy (non-hydrogen) atoms. The van der Waals surface area contributed by atoms with Gasteiger partial charge >= 0.3 is 5.69 Å². The van der Waals surface area contributed by atoms with Crippen LogP contribution >= 0.6 is 0 Å². The molecule has 0 N–H and O–H groups in total. The van der Waals surface area contributed by atoms with Crippen LogP contribution in [0, 0.1) is 17.0 Å². The Labute approximate surface area is 139 Å². The lowest BCUT2D eigenvalue weighted by Crippen LogP contribution is -2.34. The Morgan fingerprint density at radius 2 is 2.08 bits per heavy atom. The fourth-order valence-electron chi connectivity index (χ4n) is 2.91. The van der Waals surface area contributed by atoms with Crippen LogP contribution in [0.25, 0.3) is 0 Å². The molecule has 1 fully saturated rings. The maximum atomic E-state index is 11.3. The minimum absolute atomic E-state index is 0.0867. The van der Waals surface area contributed by atoms with Gasteiger partial charge in [-0.05, 0) is 31.0 Å². The topological polar surface area (TPSA) is 101 Å². The molecule has 2 aromatic heterocycles. The highest BCUT2D eigenvalue weighted by molar-refractivity contribution is 5.61. The zero-order valence-electron chi connectivity index (χ0n) is 14.0. The van der Waals surface area contributed by atoms with Crippen LogP contribution in [0.1, 0.15) is 30.2 Å². The number of hydrogen-bond acceptors (Lipinski definition) is 8. The Balaban J connectivity index is 1.73. The molecule has 3 rings (SSSR count). The fourth-order valence-corrected chi connectivity index (χ4v) is 2.91. The molecule has 0 amide bonds. The van der Waals surface area contributed by atoms with E-state index < -0.39 is 0 Å². The van der Waals surface area contributed by atoms with Gasteiger partial charge in [0.25, 0.3) is 5.95 Å². The summed E-state index contributed by atoms with van der Waals surface area (Å²) < 4.78 is 5.34. The summed E-state index contributed by atoms with van der Waals surface area (Å²) >= 11 is 0. The fraction of sp³-hybridized carbons (Fsp3) is 0.533. The van der Waals surface area contributed by atoms with Crippen LogP contribution in [0.5, 0.6) is 0 Å². The second-order valence-electron chi connectivity index (χ2n) is 6.15. The highest BCUT2D eigenvalue weighted by atomic mass is 16.6. The summed E-state index contributed by atoms with van der Waals surface area (Å²) in [6.07, 6.45) is 3.20. The van der Waals surface area contributed by atoms with Crippen molar-refractivity contribution in [1.29, 1.82) is 0 Å². The number of nitro groups is 1. The molecule has 128 valence electrons. The van der Waals surface area contributed by atoms with Crippen molar-refractivity contribution in [2.45, 2.75) is 25.7 Å². The predicted octanol–water partition coefficient (Wildman–Crippen LogP) is 2.13. The molecule has 0 radical (unpaired) electrons. The van der Waals surface area contributed by atoms with Crippen molar-refractivity contribution in [2.75, 3.05) is 37.0 Å². The van der Waals surface area contributed by atoms with E-state index in [0.717, 1.165) is 12.8 Å². The summed E-state index contributed by atoms with van der Waals surface area (Å²) in [7, 11) is 3.72. The molecule has 1 saturated heterocycles. The van der Waals surface area contributed by atoms with Crippen LogP contribution in [-0.4, -0.2) is 47.2 Å². The molecule has 0 atom stereocenters.